The summed E-state index contributed by atoms with van der Waals surface area (Å²) in [5.41, 5.74) is 2.19. The van der Waals surface area contributed by atoms with Crippen LogP contribution in [0.25, 0.3) is 0 Å². The van der Waals surface area contributed by atoms with E-state index in [9.17, 15) is 8.78 Å². The minimum atomic E-state index is -0.962. The van der Waals surface area contributed by atoms with E-state index in [1.165, 1.54) is 0 Å². The van der Waals surface area contributed by atoms with E-state index in [2.05, 4.69) is 15.9 Å². The molecule has 1 unspecified atom stereocenters. The summed E-state index contributed by atoms with van der Waals surface area (Å²) in [7, 11) is 0. The topological polar surface area (TPSA) is 0 Å². The number of alkyl halides is 1. The van der Waals surface area contributed by atoms with E-state index in [1.54, 1.807) is 12.1 Å². The van der Waals surface area contributed by atoms with Gasteiger partial charge in [0.2, 0.25) is 0 Å². The lowest BCUT2D eigenvalue weighted by molar-refractivity contribution is 0.507. The zero-order chi connectivity index (χ0) is 14.2. The molecule has 0 nitrogen and oxygen atoms in total. The van der Waals surface area contributed by atoms with Crippen LogP contribution in [-0.4, -0.2) is 0 Å². The standard InChI is InChI=1S/C14H9BrCl2F2/c1-7-8(3-2-4-10(7)16)14(15)9-5-12(18)13(19)6-11(9)17/h2-6,14H,1H3. The summed E-state index contributed by atoms with van der Waals surface area (Å²) < 4.78 is 26.4. The fraction of sp³-hybridized carbons (Fsp3) is 0.143. The maximum Gasteiger partial charge on any atom is 0.160 e. The Labute approximate surface area is 128 Å². The Hall–Kier alpha value is -0.640. The molecule has 0 spiro atoms. The Morgan fingerprint density at radius 1 is 1.00 bits per heavy atom. The second-order valence-electron chi connectivity index (χ2n) is 4.10. The highest BCUT2D eigenvalue weighted by atomic mass is 79.9. The predicted molar refractivity (Wildman–Crippen MR) is 78.3 cm³/mol. The third-order valence-corrected chi connectivity index (χ3v) is 4.62. The van der Waals surface area contributed by atoms with Crippen molar-refractivity contribution in [2.75, 3.05) is 0 Å². The van der Waals surface area contributed by atoms with Crippen LogP contribution in [0.2, 0.25) is 10.0 Å². The highest BCUT2D eigenvalue weighted by Crippen LogP contribution is 2.38. The van der Waals surface area contributed by atoms with E-state index in [-0.39, 0.29) is 9.85 Å². The molecule has 0 aliphatic rings. The first-order valence-electron chi connectivity index (χ1n) is 5.45. The highest BCUT2D eigenvalue weighted by Gasteiger charge is 2.19. The van der Waals surface area contributed by atoms with Gasteiger partial charge in [-0.2, -0.15) is 0 Å². The molecule has 0 radical (unpaired) electrons. The van der Waals surface area contributed by atoms with Gasteiger partial charge in [-0.25, -0.2) is 8.78 Å². The monoisotopic (exact) mass is 364 g/mol. The molecule has 2 rings (SSSR count). The van der Waals surface area contributed by atoms with E-state index in [0.717, 1.165) is 23.3 Å². The van der Waals surface area contributed by atoms with Crippen molar-refractivity contribution in [3.8, 4) is 0 Å². The fourth-order valence-corrected chi connectivity index (χ4v) is 3.25. The van der Waals surface area contributed by atoms with Crippen LogP contribution >= 0.6 is 39.1 Å². The number of hydrogen-bond acceptors (Lipinski definition) is 0. The van der Waals surface area contributed by atoms with Crippen LogP contribution in [-0.2, 0) is 0 Å². The van der Waals surface area contributed by atoms with Crippen LogP contribution in [0.3, 0.4) is 0 Å². The van der Waals surface area contributed by atoms with Gasteiger partial charge in [-0.15, -0.1) is 0 Å². The second kappa shape index (κ2) is 5.78. The average Bonchev–Trinajstić information content (AvgIpc) is 2.36. The van der Waals surface area contributed by atoms with Gasteiger partial charge in [-0.3, -0.25) is 0 Å². The molecule has 1 atom stereocenters. The quantitative estimate of drug-likeness (QED) is 0.448. The summed E-state index contributed by atoms with van der Waals surface area (Å²) in [6.07, 6.45) is 0. The van der Waals surface area contributed by atoms with Crippen LogP contribution < -0.4 is 0 Å². The van der Waals surface area contributed by atoms with Crippen molar-refractivity contribution in [1.29, 1.82) is 0 Å². The zero-order valence-electron chi connectivity index (χ0n) is 9.85. The summed E-state index contributed by atoms with van der Waals surface area (Å²) in [4.78, 5) is -0.353. The molecular formula is C14H9BrCl2F2. The van der Waals surface area contributed by atoms with E-state index in [4.69, 9.17) is 23.2 Å². The maximum absolute atomic E-state index is 13.3. The van der Waals surface area contributed by atoms with Crippen molar-refractivity contribution in [2.45, 2.75) is 11.8 Å². The molecule has 0 fully saturated rings. The Morgan fingerprint density at radius 3 is 2.32 bits per heavy atom. The van der Waals surface area contributed by atoms with Gasteiger partial charge in [0.25, 0.3) is 0 Å². The highest BCUT2D eigenvalue weighted by molar-refractivity contribution is 9.09. The van der Waals surface area contributed by atoms with E-state index in [1.807, 2.05) is 13.0 Å². The molecule has 100 valence electrons. The van der Waals surface area contributed by atoms with Gasteiger partial charge >= 0.3 is 0 Å². The molecular weight excluding hydrogens is 357 g/mol. The molecule has 0 saturated heterocycles. The van der Waals surface area contributed by atoms with Gasteiger partial charge in [0.1, 0.15) is 0 Å². The summed E-state index contributed by atoms with van der Waals surface area (Å²) in [6.45, 7) is 1.86. The lowest BCUT2D eigenvalue weighted by Crippen LogP contribution is -1.99. The Kier molecular flexibility index (Phi) is 4.49. The van der Waals surface area contributed by atoms with Gasteiger partial charge in [0.15, 0.2) is 11.6 Å². The first-order chi connectivity index (χ1) is 8.91. The molecule has 0 aliphatic carbocycles. The molecule has 0 bridgehead atoms. The number of halogens is 5. The van der Waals surface area contributed by atoms with Crippen LogP contribution in [0.4, 0.5) is 8.78 Å². The number of rotatable bonds is 2. The lowest BCUT2D eigenvalue weighted by atomic mass is 10.00. The van der Waals surface area contributed by atoms with Crippen LogP contribution in [0.5, 0.6) is 0 Å². The summed E-state index contributed by atoms with van der Waals surface area (Å²) in [5.74, 6) is -1.89. The smallest absolute Gasteiger partial charge is 0.160 e. The SMILES string of the molecule is Cc1c(Cl)cccc1C(Br)c1cc(F)c(F)cc1Cl. The van der Waals surface area contributed by atoms with Gasteiger partial charge < -0.3 is 0 Å². The molecule has 0 aromatic heterocycles. The summed E-state index contributed by atoms with van der Waals surface area (Å²) >= 11 is 15.5. The minimum absolute atomic E-state index is 0.167. The van der Waals surface area contributed by atoms with Crippen molar-refractivity contribution in [3.63, 3.8) is 0 Å². The fourth-order valence-electron chi connectivity index (χ4n) is 1.80. The molecule has 2 aromatic carbocycles. The van der Waals surface area contributed by atoms with Crippen molar-refractivity contribution in [1.82, 2.24) is 0 Å². The number of benzene rings is 2. The third kappa shape index (κ3) is 2.93. The normalized spacial score (nSPS) is 12.5. The maximum atomic E-state index is 13.3. The van der Waals surface area contributed by atoms with E-state index >= 15 is 0 Å². The Morgan fingerprint density at radius 2 is 1.63 bits per heavy atom. The van der Waals surface area contributed by atoms with Gasteiger partial charge in [-0.05, 0) is 41.8 Å². The molecule has 2 aromatic rings. The lowest BCUT2D eigenvalue weighted by Gasteiger charge is -2.16. The predicted octanol–water partition coefficient (Wildman–Crippen LogP) is 6.06. The first kappa shape index (κ1) is 14.8. The minimum Gasteiger partial charge on any atom is -0.204 e. The molecule has 5 heteroatoms. The van der Waals surface area contributed by atoms with Crippen LogP contribution in [0.1, 0.15) is 21.5 Å². The van der Waals surface area contributed by atoms with Crippen molar-refractivity contribution >= 4 is 39.1 Å². The summed E-state index contributed by atoms with van der Waals surface area (Å²) in [5, 5.41) is 0.779. The van der Waals surface area contributed by atoms with E-state index < -0.39 is 11.6 Å². The van der Waals surface area contributed by atoms with Gasteiger partial charge in [0, 0.05) is 10.0 Å². The zero-order valence-corrected chi connectivity index (χ0v) is 13.0. The third-order valence-electron chi connectivity index (χ3n) is 2.90. The largest absolute Gasteiger partial charge is 0.204 e. The van der Waals surface area contributed by atoms with Gasteiger partial charge in [-0.1, -0.05) is 51.3 Å². The van der Waals surface area contributed by atoms with Crippen LogP contribution in [0.15, 0.2) is 30.3 Å². The average molecular weight is 366 g/mol. The first-order valence-corrected chi connectivity index (χ1v) is 7.12. The Balaban J connectivity index is 2.53. The van der Waals surface area contributed by atoms with E-state index in [0.29, 0.717) is 10.6 Å². The molecule has 0 heterocycles. The number of hydrogen-bond donors (Lipinski definition) is 0. The molecule has 0 N–H and O–H groups in total. The Bertz CT molecular complexity index is 629. The summed E-state index contributed by atoms with van der Waals surface area (Å²) in [6, 6.07) is 7.50. The van der Waals surface area contributed by atoms with Crippen molar-refractivity contribution in [2.24, 2.45) is 0 Å². The molecule has 19 heavy (non-hydrogen) atoms. The van der Waals surface area contributed by atoms with Crippen LogP contribution in [0, 0.1) is 18.6 Å². The van der Waals surface area contributed by atoms with Gasteiger partial charge in [0.05, 0.1) is 4.83 Å². The molecule has 0 saturated carbocycles. The molecule has 0 aliphatic heterocycles. The second-order valence-corrected chi connectivity index (χ2v) is 5.83. The molecule has 0 amide bonds. The van der Waals surface area contributed by atoms with Crippen molar-refractivity contribution in [3.05, 3.63) is 68.7 Å². The van der Waals surface area contributed by atoms with Crippen molar-refractivity contribution < 1.29 is 8.78 Å².